The molecule has 0 bridgehead atoms. The van der Waals surface area contributed by atoms with Gasteiger partial charge in [-0.25, -0.2) is 4.98 Å². The van der Waals surface area contributed by atoms with E-state index in [-0.39, 0.29) is 11.7 Å². The van der Waals surface area contributed by atoms with E-state index in [0.29, 0.717) is 11.0 Å². The van der Waals surface area contributed by atoms with Crippen LogP contribution in [0.15, 0.2) is 70.3 Å². The van der Waals surface area contributed by atoms with E-state index in [1.165, 1.54) is 11.8 Å². The summed E-state index contributed by atoms with van der Waals surface area (Å²) in [5.74, 6) is 0.825. The van der Waals surface area contributed by atoms with Gasteiger partial charge in [-0.1, -0.05) is 76.2 Å². The fourth-order valence-corrected chi connectivity index (χ4v) is 3.93. The first-order valence-corrected chi connectivity index (χ1v) is 10.5. The largest absolute Gasteiger partial charge is 0.325 e. The van der Waals surface area contributed by atoms with Crippen molar-refractivity contribution in [2.45, 2.75) is 12.1 Å². The van der Waals surface area contributed by atoms with Crippen LogP contribution in [0.2, 0.25) is 0 Å². The van der Waals surface area contributed by atoms with Crippen LogP contribution in [0.1, 0.15) is 5.56 Å². The summed E-state index contributed by atoms with van der Waals surface area (Å²) in [7, 11) is 0. The van der Waals surface area contributed by atoms with E-state index in [4.69, 9.17) is 0 Å². The molecule has 28 heavy (non-hydrogen) atoms. The summed E-state index contributed by atoms with van der Waals surface area (Å²) in [5.41, 5.74) is 2.82. The lowest BCUT2D eigenvalue weighted by Crippen LogP contribution is -2.15. The normalized spacial score (nSPS) is 10.9. The van der Waals surface area contributed by atoms with E-state index in [2.05, 4.69) is 42.5 Å². The van der Waals surface area contributed by atoms with Gasteiger partial charge >= 0.3 is 0 Å². The van der Waals surface area contributed by atoms with Crippen LogP contribution in [-0.4, -0.2) is 26.8 Å². The van der Waals surface area contributed by atoms with Crippen molar-refractivity contribution in [1.29, 1.82) is 0 Å². The first-order chi connectivity index (χ1) is 13.6. The average Bonchev–Trinajstić information content (AvgIpc) is 3.18. The number of anilines is 1. The summed E-state index contributed by atoms with van der Waals surface area (Å²) in [6.07, 6.45) is 0. The van der Waals surface area contributed by atoms with Gasteiger partial charge in [0.1, 0.15) is 0 Å². The lowest BCUT2D eigenvalue weighted by Gasteiger charge is -2.11. The highest BCUT2D eigenvalue weighted by molar-refractivity contribution is 9.10. The van der Waals surface area contributed by atoms with Crippen molar-refractivity contribution in [3.05, 3.63) is 70.7 Å². The van der Waals surface area contributed by atoms with Crippen LogP contribution >= 0.6 is 27.7 Å². The van der Waals surface area contributed by atoms with E-state index < -0.39 is 0 Å². The number of aryl methyl sites for hydroxylation is 1. The molecule has 7 heteroatoms. The fourth-order valence-electron chi connectivity index (χ4n) is 2.93. The summed E-state index contributed by atoms with van der Waals surface area (Å²) in [4.78, 5) is 17.0. The van der Waals surface area contributed by atoms with Crippen molar-refractivity contribution in [1.82, 2.24) is 15.2 Å². The predicted octanol–water partition coefficient (Wildman–Crippen LogP) is 5.43. The lowest BCUT2D eigenvalue weighted by atomic mass is 10.0. The molecule has 1 heterocycles. The molecule has 3 aromatic carbocycles. The van der Waals surface area contributed by atoms with Crippen molar-refractivity contribution in [3.8, 4) is 11.4 Å². The molecule has 0 saturated heterocycles. The number of aromatic nitrogens is 3. The number of halogens is 1. The molecule has 4 rings (SSSR count). The molecule has 0 aliphatic carbocycles. The molecule has 0 saturated carbocycles. The first kappa shape index (κ1) is 18.7. The van der Waals surface area contributed by atoms with Crippen LogP contribution in [0.5, 0.6) is 0 Å². The minimum Gasteiger partial charge on any atom is -0.325 e. The molecule has 5 nitrogen and oxygen atoms in total. The molecule has 0 fully saturated rings. The second-order valence-corrected chi connectivity index (χ2v) is 8.15. The highest BCUT2D eigenvalue weighted by Crippen LogP contribution is 2.27. The number of carbonyl (C=O) groups excluding carboxylic acids is 1. The van der Waals surface area contributed by atoms with Gasteiger partial charge in [-0.15, -0.1) is 5.10 Å². The van der Waals surface area contributed by atoms with Crippen molar-refractivity contribution < 1.29 is 4.79 Å². The Bertz CT molecular complexity index is 1160. The number of nitrogens with zero attached hydrogens (tertiary/aromatic N) is 2. The second-order valence-electron chi connectivity index (χ2n) is 6.29. The zero-order chi connectivity index (χ0) is 19.5. The Hall–Kier alpha value is -2.64. The summed E-state index contributed by atoms with van der Waals surface area (Å²) in [6.45, 7) is 1.99. The van der Waals surface area contributed by atoms with Crippen molar-refractivity contribution in [3.63, 3.8) is 0 Å². The predicted molar refractivity (Wildman–Crippen MR) is 118 cm³/mol. The summed E-state index contributed by atoms with van der Waals surface area (Å²) in [6, 6.07) is 19.9. The molecule has 0 spiro atoms. The van der Waals surface area contributed by atoms with Crippen LogP contribution < -0.4 is 5.32 Å². The fraction of sp³-hybridized carbons (Fsp3) is 0.0952. The molecule has 0 radical (unpaired) electrons. The second kappa shape index (κ2) is 8.16. The number of hydrogen-bond donors (Lipinski definition) is 2. The van der Waals surface area contributed by atoms with Gasteiger partial charge in [-0.3, -0.25) is 9.89 Å². The van der Waals surface area contributed by atoms with Gasteiger partial charge < -0.3 is 5.32 Å². The van der Waals surface area contributed by atoms with Gasteiger partial charge in [0.15, 0.2) is 5.82 Å². The summed E-state index contributed by atoms with van der Waals surface area (Å²) in [5, 5.41) is 12.8. The van der Waals surface area contributed by atoms with Crippen LogP contribution in [-0.2, 0) is 4.79 Å². The Morgan fingerprint density at radius 2 is 2.00 bits per heavy atom. The molecule has 1 amide bonds. The molecular formula is C21H17BrN4OS. The van der Waals surface area contributed by atoms with Gasteiger partial charge in [0.25, 0.3) is 0 Å². The van der Waals surface area contributed by atoms with E-state index >= 15 is 0 Å². The minimum absolute atomic E-state index is 0.0849. The number of benzene rings is 3. The number of fused-ring (bicyclic) bond motifs is 1. The number of rotatable bonds is 5. The van der Waals surface area contributed by atoms with Gasteiger partial charge in [-0.2, -0.15) is 0 Å². The third kappa shape index (κ3) is 4.10. The van der Waals surface area contributed by atoms with Crippen molar-refractivity contribution in [2.75, 3.05) is 11.1 Å². The quantitative estimate of drug-likeness (QED) is 0.396. The van der Waals surface area contributed by atoms with Crippen LogP contribution in [0.4, 0.5) is 5.69 Å². The van der Waals surface area contributed by atoms with Gasteiger partial charge in [-0.05, 0) is 30.0 Å². The highest BCUT2D eigenvalue weighted by Gasteiger charge is 2.12. The van der Waals surface area contributed by atoms with Crippen LogP contribution in [0.25, 0.3) is 22.2 Å². The van der Waals surface area contributed by atoms with Gasteiger partial charge in [0.2, 0.25) is 11.1 Å². The third-order valence-electron chi connectivity index (χ3n) is 4.30. The SMILES string of the molecule is Cc1ccc2ccccc2c1NC(=O)CSc1n[nH]c(-c2cccc(Br)c2)n1. The smallest absolute Gasteiger partial charge is 0.234 e. The third-order valence-corrected chi connectivity index (χ3v) is 5.64. The summed E-state index contributed by atoms with van der Waals surface area (Å²) < 4.78 is 0.973. The van der Waals surface area contributed by atoms with Gasteiger partial charge in [0.05, 0.1) is 11.4 Å². The molecule has 0 aliphatic heterocycles. The molecule has 0 aliphatic rings. The van der Waals surface area contributed by atoms with Crippen LogP contribution in [0, 0.1) is 6.92 Å². The molecular weight excluding hydrogens is 436 g/mol. The average molecular weight is 453 g/mol. The Labute approximate surface area is 175 Å². The highest BCUT2D eigenvalue weighted by atomic mass is 79.9. The zero-order valence-electron chi connectivity index (χ0n) is 15.1. The van der Waals surface area contributed by atoms with Crippen LogP contribution in [0.3, 0.4) is 0 Å². The Morgan fingerprint density at radius 3 is 2.86 bits per heavy atom. The monoisotopic (exact) mass is 452 g/mol. The topological polar surface area (TPSA) is 70.7 Å². The number of amides is 1. The number of aromatic amines is 1. The number of nitrogens with one attached hydrogen (secondary N) is 2. The molecule has 0 atom stereocenters. The lowest BCUT2D eigenvalue weighted by molar-refractivity contribution is -0.113. The molecule has 4 aromatic rings. The molecule has 140 valence electrons. The molecule has 1 aromatic heterocycles. The van der Waals surface area contributed by atoms with Crippen molar-refractivity contribution in [2.24, 2.45) is 0 Å². The number of carbonyl (C=O) groups is 1. The minimum atomic E-state index is -0.0849. The number of H-pyrrole nitrogens is 1. The maximum atomic E-state index is 12.5. The Balaban J connectivity index is 1.44. The van der Waals surface area contributed by atoms with E-state index in [0.717, 1.165) is 32.1 Å². The van der Waals surface area contributed by atoms with Crippen molar-refractivity contribution >= 4 is 50.1 Å². The molecule has 2 N–H and O–H groups in total. The van der Waals surface area contributed by atoms with E-state index in [1.54, 1.807) is 0 Å². The number of thioether (sulfide) groups is 1. The maximum absolute atomic E-state index is 12.5. The Kier molecular flexibility index (Phi) is 5.45. The summed E-state index contributed by atoms with van der Waals surface area (Å²) >= 11 is 4.75. The first-order valence-electron chi connectivity index (χ1n) is 8.69. The number of hydrogen-bond acceptors (Lipinski definition) is 4. The zero-order valence-corrected chi connectivity index (χ0v) is 17.5. The Morgan fingerprint density at radius 1 is 1.14 bits per heavy atom. The van der Waals surface area contributed by atoms with E-state index in [1.807, 2.05) is 61.5 Å². The maximum Gasteiger partial charge on any atom is 0.234 e. The molecule has 0 unspecified atom stereocenters. The van der Waals surface area contributed by atoms with Gasteiger partial charge in [0, 0.05) is 15.4 Å². The standard InChI is InChI=1S/C21H17BrN4OS/c1-13-9-10-14-5-2-3-8-17(14)19(13)23-18(27)12-28-21-24-20(25-26-21)15-6-4-7-16(22)11-15/h2-11H,12H2,1H3,(H,23,27)(H,24,25,26). The van der Waals surface area contributed by atoms with E-state index in [9.17, 15) is 4.79 Å².